The van der Waals surface area contributed by atoms with Gasteiger partial charge in [-0.25, -0.2) is 0 Å². The minimum atomic E-state index is 0.317. The molecule has 1 atom stereocenters. The van der Waals surface area contributed by atoms with Crippen molar-refractivity contribution >= 4 is 5.96 Å². The first-order chi connectivity index (χ1) is 15.2. The minimum Gasteiger partial charge on any atom is -0.493 e. The molecule has 3 rings (SSSR count). The van der Waals surface area contributed by atoms with Gasteiger partial charge in [-0.05, 0) is 43.6 Å². The average molecular weight is 427 g/mol. The number of likely N-dealkylation sites (tertiary alicyclic amines) is 1. The molecule has 2 N–H and O–H groups in total. The molecule has 0 amide bonds. The second kappa shape index (κ2) is 11.5. The van der Waals surface area contributed by atoms with Gasteiger partial charge in [-0.15, -0.1) is 0 Å². The summed E-state index contributed by atoms with van der Waals surface area (Å²) in [5, 5.41) is 6.89. The van der Waals surface area contributed by atoms with Crippen molar-refractivity contribution in [1.82, 2.24) is 15.5 Å². The highest BCUT2D eigenvalue weighted by molar-refractivity contribution is 5.79. The van der Waals surface area contributed by atoms with E-state index in [1.54, 1.807) is 28.4 Å². The second-order valence-electron chi connectivity index (χ2n) is 7.47. The van der Waals surface area contributed by atoms with Crippen LogP contribution in [0.1, 0.15) is 30.0 Å². The smallest absolute Gasteiger partial charge is 0.203 e. The monoisotopic (exact) mass is 426 g/mol. The van der Waals surface area contributed by atoms with E-state index in [1.807, 2.05) is 12.1 Å². The van der Waals surface area contributed by atoms with E-state index in [0.29, 0.717) is 29.8 Å². The zero-order chi connectivity index (χ0) is 22.1. The van der Waals surface area contributed by atoms with Gasteiger partial charge in [-0.2, -0.15) is 0 Å². The Morgan fingerprint density at radius 2 is 1.65 bits per heavy atom. The fraction of sp³-hybridized carbons (Fsp3) is 0.458. The molecular weight excluding hydrogens is 392 g/mol. The van der Waals surface area contributed by atoms with Gasteiger partial charge in [0.2, 0.25) is 5.75 Å². The van der Waals surface area contributed by atoms with E-state index in [4.69, 9.17) is 14.2 Å². The lowest BCUT2D eigenvalue weighted by Crippen LogP contribution is -2.42. The molecule has 2 aromatic rings. The summed E-state index contributed by atoms with van der Waals surface area (Å²) in [4.78, 5) is 6.95. The molecule has 1 unspecified atom stereocenters. The molecule has 0 aromatic heterocycles. The van der Waals surface area contributed by atoms with E-state index >= 15 is 0 Å². The van der Waals surface area contributed by atoms with Crippen molar-refractivity contribution in [1.29, 1.82) is 0 Å². The largest absolute Gasteiger partial charge is 0.493 e. The summed E-state index contributed by atoms with van der Waals surface area (Å²) in [6.45, 7) is 3.60. The van der Waals surface area contributed by atoms with Crippen LogP contribution in [0.2, 0.25) is 0 Å². The standard InChI is InChI=1S/C24H34N4O3/c1-25-24(26-16-19-12-13-21(29-2)23(31-4)22(19)30-3)27-17-20(28-14-8-9-15-28)18-10-6-5-7-11-18/h5-7,10-13,20H,8-9,14-17H2,1-4H3,(H2,25,26,27). The highest BCUT2D eigenvalue weighted by atomic mass is 16.5. The molecule has 0 bridgehead atoms. The van der Waals surface area contributed by atoms with Gasteiger partial charge in [0, 0.05) is 25.7 Å². The summed E-state index contributed by atoms with van der Waals surface area (Å²) < 4.78 is 16.4. The summed E-state index contributed by atoms with van der Waals surface area (Å²) in [5.74, 6) is 2.63. The van der Waals surface area contributed by atoms with Crippen LogP contribution < -0.4 is 24.8 Å². The number of ether oxygens (including phenoxy) is 3. The first-order valence-electron chi connectivity index (χ1n) is 10.7. The fourth-order valence-electron chi connectivity index (χ4n) is 4.08. The number of nitrogens with zero attached hydrogens (tertiary/aromatic N) is 2. The predicted molar refractivity (Wildman–Crippen MR) is 124 cm³/mol. The summed E-state index contributed by atoms with van der Waals surface area (Å²) >= 11 is 0. The topological polar surface area (TPSA) is 67.4 Å². The zero-order valence-corrected chi connectivity index (χ0v) is 19.0. The molecule has 7 nitrogen and oxygen atoms in total. The van der Waals surface area contributed by atoms with Gasteiger partial charge in [-0.1, -0.05) is 30.3 Å². The number of rotatable bonds is 9. The van der Waals surface area contributed by atoms with Gasteiger partial charge in [0.05, 0.1) is 27.4 Å². The Bertz CT molecular complexity index is 851. The molecule has 7 heteroatoms. The third-order valence-corrected chi connectivity index (χ3v) is 5.68. The molecule has 2 aromatic carbocycles. The summed E-state index contributed by atoms with van der Waals surface area (Å²) in [5.41, 5.74) is 2.29. The van der Waals surface area contributed by atoms with Gasteiger partial charge in [0.25, 0.3) is 0 Å². The summed E-state index contributed by atoms with van der Waals surface area (Å²) in [7, 11) is 6.65. The van der Waals surface area contributed by atoms with E-state index in [9.17, 15) is 0 Å². The van der Waals surface area contributed by atoms with Crippen LogP contribution in [0, 0.1) is 0 Å². The van der Waals surface area contributed by atoms with Crippen molar-refractivity contribution in [3.8, 4) is 17.2 Å². The van der Waals surface area contributed by atoms with Crippen molar-refractivity contribution < 1.29 is 14.2 Å². The Balaban J connectivity index is 1.66. The molecule has 1 aliphatic heterocycles. The van der Waals surface area contributed by atoms with Crippen LogP contribution in [0.5, 0.6) is 17.2 Å². The first kappa shape index (κ1) is 22.7. The van der Waals surface area contributed by atoms with Crippen LogP contribution in [0.4, 0.5) is 0 Å². The lowest BCUT2D eigenvalue weighted by Gasteiger charge is -2.29. The van der Waals surface area contributed by atoms with Crippen LogP contribution >= 0.6 is 0 Å². The van der Waals surface area contributed by atoms with E-state index in [2.05, 4.69) is 50.9 Å². The number of hydrogen-bond donors (Lipinski definition) is 2. The predicted octanol–water partition coefficient (Wildman–Crippen LogP) is 3.21. The maximum Gasteiger partial charge on any atom is 0.203 e. The third kappa shape index (κ3) is 5.61. The lowest BCUT2D eigenvalue weighted by molar-refractivity contribution is 0.245. The van der Waals surface area contributed by atoms with Gasteiger partial charge < -0.3 is 24.8 Å². The first-order valence-corrected chi connectivity index (χ1v) is 10.7. The van der Waals surface area contributed by atoms with Crippen LogP contribution in [0.25, 0.3) is 0 Å². The number of aliphatic imine (C=N–C) groups is 1. The number of benzene rings is 2. The molecule has 0 spiro atoms. The molecule has 168 valence electrons. The third-order valence-electron chi connectivity index (χ3n) is 5.68. The highest BCUT2D eigenvalue weighted by Crippen LogP contribution is 2.39. The summed E-state index contributed by atoms with van der Waals surface area (Å²) in [6.07, 6.45) is 2.52. The Labute approximate surface area is 185 Å². The van der Waals surface area contributed by atoms with E-state index in [1.165, 1.54) is 18.4 Å². The molecule has 1 fully saturated rings. The van der Waals surface area contributed by atoms with Crippen molar-refractivity contribution in [2.45, 2.75) is 25.4 Å². The van der Waals surface area contributed by atoms with Gasteiger partial charge in [0.1, 0.15) is 0 Å². The molecular formula is C24H34N4O3. The Hall–Kier alpha value is -2.93. The van der Waals surface area contributed by atoms with Crippen molar-refractivity contribution in [2.24, 2.45) is 4.99 Å². The fourth-order valence-corrected chi connectivity index (χ4v) is 4.08. The molecule has 1 aliphatic rings. The lowest BCUT2D eigenvalue weighted by atomic mass is 10.1. The molecule has 0 aliphatic carbocycles. The molecule has 31 heavy (non-hydrogen) atoms. The van der Waals surface area contributed by atoms with E-state index in [-0.39, 0.29) is 0 Å². The van der Waals surface area contributed by atoms with Crippen molar-refractivity contribution in [2.75, 3.05) is 48.0 Å². The molecule has 0 radical (unpaired) electrons. The SMILES string of the molecule is CN=C(NCc1ccc(OC)c(OC)c1OC)NCC(c1ccccc1)N1CCCC1. The number of nitrogens with one attached hydrogen (secondary N) is 2. The Morgan fingerprint density at radius 1 is 0.935 bits per heavy atom. The second-order valence-corrected chi connectivity index (χ2v) is 7.47. The van der Waals surface area contributed by atoms with Crippen LogP contribution in [-0.2, 0) is 6.54 Å². The van der Waals surface area contributed by atoms with E-state index < -0.39 is 0 Å². The quantitative estimate of drug-likeness (QED) is 0.474. The van der Waals surface area contributed by atoms with Gasteiger partial charge in [0.15, 0.2) is 17.5 Å². The molecule has 1 heterocycles. The Kier molecular flexibility index (Phi) is 8.41. The van der Waals surface area contributed by atoms with Crippen LogP contribution in [-0.4, -0.2) is 58.9 Å². The van der Waals surface area contributed by atoms with Gasteiger partial charge in [-0.3, -0.25) is 9.89 Å². The maximum absolute atomic E-state index is 5.59. The van der Waals surface area contributed by atoms with E-state index in [0.717, 1.165) is 31.2 Å². The van der Waals surface area contributed by atoms with Crippen LogP contribution in [0.15, 0.2) is 47.5 Å². The van der Waals surface area contributed by atoms with Crippen LogP contribution in [0.3, 0.4) is 0 Å². The average Bonchev–Trinajstić information content (AvgIpc) is 3.35. The number of hydrogen-bond acceptors (Lipinski definition) is 5. The normalized spacial score (nSPS) is 15.4. The molecule has 1 saturated heterocycles. The number of methoxy groups -OCH3 is 3. The maximum atomic E-state index is 5.59. The summed E-state index contributed by atoms with van der Waals surface area (Å²) in [6, 6.07) is 14.9. The Morgan fingerprint density at radius 3 is 2.26 bits per heavy atom. The zero-order valence-electron chi connectivity index (χ0n) is 19.0. The highest BCUT2D eigenvalue weighted by Gasteiger charge is 2.23. The number of guanidine groups is 1. The molecule has 0 saturated carbocycles. The van der Waals surface area contributed by atoms with Crippen molar-refractivity contribution in [3.63, 3.8) is 0 Å². The minimum absolute atomic E-state index is 0.317. The van der Waals surface area contributed by atoms with Crippen molar-refractivity contribution in [3.05, 3.63) is 53.6 Å². The van der Waals surface area contributed by atoms with Gasteiger partial charge >= 0.3 is 0 Å².